The third kappa shape index (κ3) is 3.13. The van der Waals surface area contributed by atoms with Crippen molar-refractivity contribution < 1.29 is 19.7 Å². The average molecular weight is 148 g/mol. The Hall–Kier alpha value is -0.970. The molecule has 0 rings (SSSR count). The molecule has 0 unspecified atom stereocenters. The van der Waals surface area contributed by atoms with Crippen LogP contribution in [0.3, 0.4) is 0 Å². The first kappa shape index (κ1) is 9.03. The van der Waals surface area contributed by atoms with Gasteiger partial charge in [-0.25, -0.2) is 4.79 Å². The number of carbonyl (C=O) groups excluding carboxylic acids is 1. The number of nitroso groups, excluding NO2 is 1. The fourth-order valence-corrected chi connectivity index (χ4v) is 0.339. The predicted molar refractivity (Wildman–Crippen MR) is 32.4 cm³/mol. The van der Waals surface area contributed by atoms with Gasteiger partial charge in [-0.15, -0.1) is 0 Å². The molecule has 0 aliphatic carbocycles. The number of nitrogens with zero attached hydrogens (tertiary/aromatic N) is 1. The summed E-state index contributed by atoms with van der Waals surface area (Å²) in [6.07, 6.45) is 0. The zero-order chi connectivity index (χ0) is 8.15. The van der Waals surface area contributed by atoms with Crippen molar-refractivity contribution in [2.75, 3.05) is 6.54 Å². The Morgan fingerprint density at radius 3 is 2.50 bits per heavy atom. The smallest absolute Gasteiger partial charge is 0.294 e. The SMILES string of the molecule is CC(C)[N+](=O)CC(=O)OO. The van der Waals surface area contributed by atoms with Crippen LogP contribution in [0.2, 0.25) is 0 Å². The van der Waals surface area contributed by atoms with Crippen LogP contribution in [0, 0.1) is 4.91 Å². The van der Waals surface area contributed by atoms with Crippen molar-refractivity contribution in [1.82, 2.24) is 0 Å². The van der Waals surface area contributed by atoms with Gasteiger partial charge < -0.3 is 0 Å². The van der Waals surface area contributed by atoms with Crippen molar-refractivity contribution in [3.8, 4) is 0 Å². The van der Waals surface area contributed by atoms with Gasteiger partial charge >= 0.3 is 5.97 Å². The molecule has 0 spiro atoms. The van der Waals surface area contributed by atoms with E-state index in [4.69, 9.17) is 5.26 Å². The second-order valence-electron chi connectivity index (χ2n) is 2.13. The van der Waals surface area contributed by atoms with Crippen LogP contribution in [0.25, 0.3) is 0 Å². The first-order chi connectivity index (χ1) is 4.57. The fraction of sp³-hybridized carbons (Fsp3) is 0.800. The van der Waals surface area contributed by atoms with Gasteiger partial charge in [0.2, 0.25) is 0 Å². The van der Waals surface area contributed by atoms with Gasteiger partial charge in [-0.2, -0.15) is 5.26 Å². The van der Waals surface area contributed by atoms with Crippen molar-refractivity contribution >= 4 is 5.97 Å². The molecule has 10 heavy (non-hydrogen) atoms. The average Bonchev–Trinajstić information content (AvgIpc) is 1.87. The van der Waals surface area contributed by atoms with E-state index in [9.17, 15) is 9.70 Å². The Labute approximate surface area is 58.1 Å². The molecule has 0 aromatic rings. The maximum Gasteiger partial charge on any atom is 0.410 e. The van der Waals surface area contributed by atoms with Crippen molar-refractivity contribution in [2.45, 2.75) is 19.9 Å². The number of rotatable bonds is 3. The highest BCUT2D eigenvalue weighted by Crippen LogP contribution is 1.86. The lowest BCUT2D eigenvalue weighted by atomic mass is 10.4. The summed E-state index contributed by atoms with van der Waals surface area (Å²) in [6.45, 7) is 2.84. The molecule has 0 heterocycles. The molecule has 0 fully saturated rings. The second kappa shape index (κ2) is 3.94. The molecule has 58 valence electrons. The highest BCUT2D eigenvalue weighted by Gasteiger charge is 2.19. The van der Waals surface area contributed by atoms with Gasteiger partial charge in [0.25, 0.3) is 6.54 Å². The Morgan fingerprint density at radius 2 is 2.20 bits per heavy atom. The maximum atomic E-state index is 10.6. The summed E-state index contributed by atoms with van der Waals surface area (Å²) >= 11 is 0. The Bertz CT molecular complexity index is 143. The molecule has 1 N–H and O–H groups in total. The van der Waals surface area contributed by atoms with Gasteiger partial charge in [0.05, 0.1) is 0 Å². The molecule has 0 aliphatic heterocycles. The molecule has 0 aromatic heterocycles. The van der Waals surface area contributed by atoms with Crippen molar-refractivity contribution in [3.05, 3.63) is 4.91 Å². The lowest BCUT2D eigenvalue weighted by molar-refractivity contribution is -0.571. The molecule has 0 aromatic carbocycles. The summed E-state index contributed by atoms with van der Waals surface area (Å²) in [5.74, 6) is -0.941. The number of hydrogen-bond donors (Lipinski definition) is 1. The van der Waals surface area contributed by atoms with E-state index < -0.39 is 12.5 Å². The largest absolute Gasteiger partial charge is 0.410 e. The van der Waals surface area contributed by atoms with Crippen LogP contribution in [-0.2, 0) is 9.68 Å². The standard InChI is InChI=1S/C5H9NO4/c1-4(2)6(8)3-5(7)10-9/h4H,3H2,1-2H3/p+1. The third-order valence-electron chi connectivity index (χ3n) is 0.963. The van der Waals surface area contributed by atoms with Crippen molar-refractivity contribution in [1.29, 1.82) is 0 Å². The molecular weight excluding hydrogens is 138 g/mol. The van der Waals surface area contributed by atoms with Gasteiger partial charge in [0, 0.05) is 23.5 Å². The molecule has 0 bridgehead atoms. The fourth-order valence-electron chi connectivity index (χ4n) is 0.339. The van der Waals surface area contributed by atoms with Gasteiger partial charge in [0.1, 0.15) is 0 Å². The number of hydrogen-bond acceptors (Lipinski definition) is 4. The van der Waals surface area contributed by atoms with Crippen LogP contribution in [0.4, 0.5) is 0 Å². The predicted octanol–water partition coefficient (Wildman–Crippen LogP) is 0.190. The molecule has 0 atom stereocenters. The molecule has 0 saturated heterocycles. The Kier molecular flexibility index (Phi) is 3.56. The summed E-state index contributed by atoms with van der Waals surface area (Å²) in [5.41, 5.74) is 0. The first-order valence-corrected chi connectivity index (χ1v) is 2.86. The van der Waals surface area contributed by atoms with E-state index in [0.29, 0.717) is 4.76 Å². The minimum Gasteiger partial charge on any atom is -0.294 e. The molecular formula is C5H10NO4+. The lowest BCUT2D eigenvalue weighted by Crippen LogP contribution is -2.25. The summed E-state index contributed by atoms with van der Waals surface area (Å²) in [4.78, 5) is 24.1. The van der Waals surface area contributed by atoms with E-state index in [-0.39, 0.29) is 6.04 Å². The van der Waals surface area contributed by atoms with E-state index in [1.54, 1.807) is 13.8 Å². The van der Waals surface area contributed by atoms with E-state index in [1.807, 2.05) is 0 Å². The minimum absolute atomic E-state index is 0.279. The molecule has 0 aliphatic rings. The third-order valence-corrected chi connectivity index (χ3v) is 0.963. The zero-order valence-corrected chi connectivity index (χ0v) is 5.90. The van der Waals surface area contributed by atoms with E-state index in [2.05, 4.69) is 4.89 Å². The van der Waals surface area contributed by atoms with Crippen LogP contribution in [0.5, 0.6) is 0 Å². The quantitative estimate of drug-likeness (QED) is 0.352. The zero-order valence-electron chi connectivity index (χ0n) is 5.90. The Morgan fingerprint density at radius 1 is 1.70 bits per heavy atom. The van der Waals surface area contributed by atoms with Crippen molar-refractivity contribution in [2.24, 2.45) is 0 Å². The summed E-state index contributed by atoms with van der Waals surface area (Å²) in [7, 11) is 0. The van der Waals surface area contributed by atoms with Crippen LogP contribution in [-0.4, -0.2) is 28.6 Å². The lowest BCUT2D eigenvalue weighted by Gasteiger charge is -1.93. The van der Waals surface area contributed by atoms with E-state index in [1.165, 1.54) is 0 Å². The topological polar surface area (TPSA) is 66.6 Å². The Balaban J connectivity index is 3.69. The highest BCUT2D eigenvalue weighted by atomic mass is 17.1. The molecule has 5 nitrogen and oxygen atoms in total. The van der Waals surface area contributed by atoms with Gasteiger partial charge in [-0.05, 0) is 0 Å². The van der Waals surface area contributed by atoms with Gasteiger partial charge in [0.15, 0.2) is 6.04 Å². The summed E-state index contributed by atoms with van der Waals surface area (Å²) < 4.78 is 0.512. The van der Waals surface area contributed by atoms with Gasteiger partial charge in [-0.1, -0.05) is 0 Å². The first-order valence-electron chi connectivity index (χ1n) is 2.86. The maximum absolute atomic E-state index is 10.6. The van der Waals surface area contributed by atoms with Crippen LogP contribution in [0.1, 0.15) is 13.8 Å². The highest BCUT2D eigenvalue weighted by molar-refractivity contribution is 5.69. The molecule has 0 radical (unpaired) electrons. The molecule has 5 heteroatoms. The van der Waals surface area contributed by atoms with E-state index >= 15 is 0 Å². The van der Waals surface area contributed by atoms with Crippen LogP contribution in [0.15, 0.2) is 0 Å². The second-order valence-corrected chi connectivity index (χ2v) is 2.13. The normalized spacial score (nSPS) is 9.60. The molecule has 0 amide bonds. The van der Waals surface area contributed by atoms with Gasteiger partial charge in [-0.3, -0.25) is 4.89 Å². The minimum atomic E-state index is -0.941. The van der Waals surface area contributed by atoms with Crippen LogP contribution >= 0.6 is 0 Å². The van der Waals surface area contributed by atoms with Crippen LogP contribution < -0.4 is 0 Å². The van der Waals surface area contributed by atoms with Crippen molar-refractivity contribution in [3.63, 3.8) is 0 Å². The monoisotopic (exact) mass is 148 g/mol. The van der Waals surface area contributed by atoms with E-state index in [0.717, 1.165) is 0 Å². The number of carbonyl (C=O) groups is 1. The summed E-state index contributed by atoms with van der Waals surface area (Å²) in [5, 5.41) is 7.75. The summed E-state index contributed by atoms with van der Waals surface area (Å²) in [6, 6.07) is -0.279. The molecule has 0 saturated carbocycles.